The summed E-state index contributed by atoms with van der Waals surface area (Å²) in [6.45, 7) is 4.07. The van der Waals surface area contributed by atoms with Gasteiger partial charge >= 0.3 is 0 Å². The molecule has 4 nitrogen and oxygen atoms in total. The third kappa shape index (κ3) is 2.40. The lowest BCUT2D eigenvalue weighted by Crippen LogP contribution is -2.28. The van der Waals surface area contributed by atoms with E-state index in [9.17, 15) is 0 Å². The molecule has 0 aliphatic carbocycles. The van der Waals surface area contributed by atoms with Gasteiger partial charge in [-0.25, -0.2) is 10.4 Å². The van der Waals surface area contributed by atoms with Crippen LogP contribution in [-0.4, -0.2) is 9.55 Å². The Balaban J connectivity index is 2.91. The molecule has 0 saturated carbocycles. The summed E-state index contributed by atoms with van der Waals surface area (Å²) in [4.78, 5) is 4.22. The number of imidazole rings is 1. The molecule has 0 radical (unpaired) electrons. The van der Waals surface area contributed by atoms with Crippen LogP contribution >= 0.6 is 0 Å². The fraction of sp³-hybridized carbons (Fsp3) is 0.444. The van der Waals surface area contributed by atoms with E-state index < -0.39 is 0 Å². The molecular weight excluding hydrogens is 164 g/mol. The number of rotatable bonds is 3. The van der Waals surface area contributed by atoms with E-state index in [1.165, 1.54) is 5.57 Å². The number of nitrogens with zero attached hydrogens (tertiary/aromatic N) is 2. The highest BCUT2D eigenvalue weighted by molar-refractivity contribution is 5.10. The van der Waals surface area contributed by atoms with Crippen molar-refractivity contribution < 1.29 is 0 Å². The summed E-state index contributed by atoms with van der Waals surface area (Å²) in [5.41, 5.74) is 3.93. The molecule has 1 unspecified atom stereocenters. The SMILES string of the molecule is CC(C)=CC(NN)c1nccn1C. The van der Waals surface area contributed by atoms with Crippen molar-refractivity contribution in [3.8, 4) is 0 Å². The number of aryl methyl sites for hydroxylation is 1. The van der Waals surface area contributed by atoms with Crippen LogP contribution in [-0.2, 0) is 7.05 Å². The van der Waals surface area contributed by atoms with Crippen molar-refractivity contribution in [1.29, 1.82) is 0 Å². The van der Waals surface area contributed by atoms with E-state index in [1.54, 1.807) is 6.20 Å². The number of hydrogen-bond acceptors (Lipinski definition) is 3. The van der Waals surface area contributed by atoms with Gasteiger partial charge < -0.3 is 4.57 Å². The molecule has 13 heavy (non-hydrogen) atoms. The van der Waals surface area contributed by atoms with Gasteiger partial charge in [0.1, 0.15) is 5.82 Å². The molecule has 1 atom stereocenters. The highest BCUT2D eigenvalue weighted by Gasteiger charge is 2.10. The van der Waals surface area contributed by atoms with Crippen molar-refractivity contribution in [2.75, 3.05) is 0 Å². The van der Waals surface area contributed by atoms with Crippen molar-refractivity contribution in [3.63, 3.8) is 0 Å². The number of nitrogens with two attached hydrogens (primary N) is 1. The van der Waals surface area contributed by atoms with E-state index in [4.69, 9.17) is 5.84 Å². The van der Waals surface area contributed by atoms with E-state index in [2.05, 4.69) is 10.4 Å². The van der Waals surface area contributed by atoms with Gasteiger partial charge in [-0.2, -0.15) is 0 Å². The first-order valence-corrected chi connectivity index (χ1v) is 4.23. The second kappa shape index (κ2) is 4.20. The van der Waals surface area contributed by atoms with Gasteiger partial charge in [0.15, 0.2) is 0 Å². The van der Waals surface area contributed by atoms with Gasteiger partial charge in [-0.05, 0) is 13.8 Å². The Morgan fingerprint density at radius 3 is 2.77 bits per heavy atom. The molecule has 0 spiro atoms. The van der Waals surface area contributed by atoms with Gasteiger partial charge in [0.25, 0.3) is 0 Å². The van der Waals surface area contributed by atoms with Gasteiger partial charge in [-0.3, -0.25) is 5.84 Å². The van der Waals surface area contributed by atoms with Crippen LogP contribution < -0.4 is 11.3 Å². The Hall–Kier alpha value is -1.13. The summed E-state index contributed by atoms with van der Waals surface area (Å²) in [6.07, 6.45) is 5.71. The first-order valence-electron chi connectivity index (χ1n) is 4.23. The molecule has 0 saturated heterocycles. The third-order valence-corrected chi connectivity index (χ3v) is 1.82. The second-order valence-electron chi connectivity index (χ2n) is 3.28. The highest BCUT2D eigenvalue weighted by Crippen LogP contribution is 2.11. The molecule has 3 N–H and O–H groups in total. The van der Waals surface area contributed by atoms with Crippen LogP contribution in [0.3, 0.4) is 0 Å². The summed E-state index contributed by atoms with van der Waals surface area (Å²) in [7, 11) is 1.95. The normalized spacial score (nSPS) is 12.6. The number of allylic oxidation sites excluding steroid dienone is 1. The quantitative estimate of drug-likeness (QED) is 0.412. The van der Waals surface area contributed by atoms with Gasteiger partial charge in [-0.1, -0.05) is 11.6 Å². The lowest BCUT2D eigenvalue weighted by atomic mass is 10.2. The minimum absolute atomic E-state index is 0.00926. The van der Waals surface area contributed by atoms with Gasteiger partial charge in [-0.15, -0.1) is 0 Å². The van der Waals surface area contributed by atoms with Gasteiger partial charge in [0.05, 0.1) is 6.04 Å². The molecule has 0 aliphatic rings. The second-order valence-corrected chi connectivity index (χ2v) is 3.28. The van der Waals surface area contributed by atoms with Crippen LogP contribution in [0.4, 0.5) is 0 Å². The number of hydrogen-bond donors (Lipinski definition) is 2. The van der Waals surface area contributed by atoms with Crippen molar-refractivity contribution >= 4 is 0 Å². The Morgan fingerprint density at radius 1 is 1.69 bits per heavy atom. The standard InChI is InChI=1S/C9H16N4/c1-7(2)6-8(12-10)9-11-4-5-13(9)3/h4-6,8,12H,10H2,1-3H3. The predicted octanol–water partition coefficient (Wildman–Crippen LogP) is 0.891. The predicted molar refractivity (Wildman–Crippen MR) is 52.7 cm³/mol. The maximum Gasteiger partial charge on any atom is 0.130 e. The summed E-state index contributed by atoms with van der Waals surface area (Å²) < 4.78 is 1.95. The van der Waals surface area contributed by atoms with Crippen LogP contribution in [0.15, 0.2) is 24.0 Å². The molecule has 1 heterocycles. The van der Waals surface area contributed by atoms with E-state index in [1.807, 2.05) is 37.7 Å². The molecule has 0 aliphatic heterocycles. The molecule has 4 heteroatoms. The van der Waals surface area contributed by atoms with Crippen LogP contribution in [0.25, 0.3) is 0 Å². The zero-order valence-electron chi connectivity index (χ0n) is 8.28. The Morgan fingerprint density at radius 2 is 2.38 bits per heavy atom. The van der Waals surface area contributed by atoms with E-state index in [0.29, 0.717) is 0 Å². The Kier molecular flexibility index (Phi) is 3.22. The Bertz CT molecular complexity index is 296. The van der Waals surface area contributed by atoms with Crippen LogP contribution in [0, 0.1) is 0 Å². The summed E-state index contributed by atoms with van der Waals surface area (Å²) in [5.74, 6) is 6.35. The van der Waals surface area contributed by atoms with E-state index >= 15 is 0 Å². The van der Waals surface area contributed by atoms with Crippen LogP contribution in [0.5, 0.6) is 0 Å². The monoisotopic (exact) mass is 180 g/mol. The minimum Gasteiger partial charge on any atom is -0.336 e. The smallest absolute Gasteiger partial charge is 0.130 e. The summed E-state index contributed by atoms with van der Waals surface area (Å²) in [5, 5.41) is 0. The first kappa shape index (κ1) is 9.95. The third-order valence-electron chi connectivity index (χ3n) is 1.82. The fourth-order valence-corrected chi connectivity index (χ4v) is 1.21. The van der Waals surface area contributed by atoms with Crippen LogP contribution in [0.1, 0.15) is 25.7 Å². The van der Waals surface area contributed by atoms with Crippen molar-refractivity contribution in [2.24, 2.45) is 12.9 Å². The maximum absolute atomic E-state index is 5.43. The number of nitrogens with one attached hydrogen (secondary N) is 1. The molecule has 0 bridgehead atoms. The minimum atomic E-state index is -0.00926. The topological polar surface area (TPSA) is 55.9 Å². The summed E-state index contributed by atoms with van der Waals surface area (Å²) in [6, 6.07) is -0.00926. The van der Waals surface area contributed by atoms with Gasteiger partial charge in [0.2, 0.25) is 0 Å². The van der Waals surface area contributed by atoms with E-state index in [-0.39, 0.29) is 6.04 Å². The van der Waals surface area contributed by atoms with Gasteiger partial charge in [0, 0.05) is 19.4 Å². The number of hydrazine groups is 1. The van der Waals surface area contributed by atoms with Crippen molar-refractivity contribution in [3.05, 3.63) is 29.9 Å². The molecule has 72 valence electrons. The Labute approximate surface area is 78.4 Å². The zero-order chi connectivity index (χ0) is 9.84. The van der Waals surface area contributed by atoms with Crippen LogP contribution in [0.2, 0.25) is 0 Å². The largest absolute Gasteiger partial charge is 0.336 e. The molecule has 0 amide bonds. The lowest BCUT2D eigenvalue weighted by Gasteiger charge is -2.11. The highest BCUT2D eigenvalue weighted by atomic mass is 15.3. The molecule has 0 fully saturated rings. The fourth-order valence-electron chi connectivity index (χ4n) is 1.21. The molecule has 1 rings (SSSR count). The summed E-state index contributed by atoms with van der Waals surface area (Å²) >= 11 is 0. The molecule has 0 aromatic carbocycles. The first-order chi connectivity index (χ1) is 6.15. The maximum atomic E-state index is 5.43. The molecular formula is C9H16N4. The molecule has 1 aromatic heterocycles. The van der Waals surface area contributed by atoms with Crippen molar-refractivity contribution in [1.82, 2.24) is 15.0 Å². The number of aromatic nitrogens is 2. The zero-order valence-corrected chi connectivity index (χ0v) is 8.28. The average Bonchev–Trinajstić information content (AvgIpc) is 2.47. The van der Waals surface area contributed by atoms with E-state index in [0.717, 1.165) is 5.82 Å². The molecule has 1 aromatic rings. The van der Waals surface area contributed by atoms with Crippen molar-refractivity contribution in [2.45, 2.75) is 19.9 Å². The average molecular weight is 180 g/mol. The lowest BCUT2D eigenvalue weighted by molar-refractivity contribution is 0.592.